The highest BCUT2D eigenvalue weighted by Crippen LogP contribution is 2.32. The van der Waals surface area contributed by atoms with Gasteiger partial charge in [0.1, 0.15) is 11.3 Å². The Kier molecular flexibility index (Phi) is 4.01. The fraction of sp³-hybridized carbons (Fsp3) is 0.286. The topological polar surface area (TPSA) is 81.5 Å². The molecule has 0 amide bonds. The van der Waals surface area contributed by atoms with E-state index in [2.05, 4.69) is 5.16 Å². The summed E-state index contributed by atoms with van der Waals surface area (Å²) in [5.41, 5.74) is 2.82. The van der Waals surface area contributed by atoms with Crippen LogP contribution in [0.15, 0.2) is 50.1 Å². The minimum atomic E-state index is -0.471. The first-order chi connectivity index (χ1) is 14.0. The standard InChI is InChI=1S/C21H18FN3O4/c1-12(26)14-2-5-17-19(10-14)28-21(27)25(17)24-8-6-13(7-9-24)20-16-4-3-15(22)11-18(16)29-23-20/h2-5,10-11,13H,6-9H2,1H3. The maximum atomic E-state index is 13.4. The van der Waals surface area contributed by atoms with Crippen LogP contribution < -0.4 is 10.8 Å². The molecule has 0 radical (unpaired) electrons. The third-order valence-electron chi connectivity index (χ3n) is 5.57. The Morgan fingerprint density at radius 1 is 1.14 bits per heavy atom. The number of rotatable bonds is 3. The van der Waals surface area contributed by atoms with E-state index in [1.807, 2.05) is 5.01 Å². The molecule has 7 nitrogen and oxygen atoms in total. The lowest BCUT2D eigenvalue weighted by Gasteiger charge is -2.32. The quantitative estimate of drug-likeness (QED) is 0.493. The van der Waals surface area contributed by atoms with E-state index in [1.165, 1.54) is 23.7 Å². The zero-order chi connectivity index (χ0) is 20.1. The second kappa shape index (κ2) is 6.58. The molecule has 0 aliphatic carbocycles. The molecule has 0 atom stereocenters. The van der Waals surface area contributed by atoms with Crippen LogP contribution in [0.3, 0.4) is 0 Å². The van der Waals surface area contributed by atoms with Crippen molar-refractivity contribution in [1.29, 1.82) is 0 Å². The maximum absolute atomic E-state index is 13.4. The van der Waals surface area contributed by atoms with Gasteiger partial charge < -0.3 is 13.9 Å². The Morgan fingerprint density at radius 2 is 1.93 bits per heavy atom. The van der Waals surface area contributed by atoms with Crippen LogP contribution in [0.25, 0.3) is 22.1 Å². The Labute approximate surface area is 164 Å². The van der Waals surface area contributed by atoms with E-state index >= 15 is 0 Å². The molecule has 0 N–H and O–H groups in total. The number of hydrogen-bond acceptors (Lipinski definition) is 6. The van der Waals surface area contributed by atoms with E-state index in [0.29, 0.717) is 35.3 Å². The van der Waals surface area contributed by atoms with Crippen molar-refractivity contribution >= 4 is 27.9 Å². The summed E-state index contributed by atoms with van der Waals surface area (Å²) in [5, 5.41) is 6.93. The lowest BCUT2D eigenvalue weighted by molar-refractivity contribution is 0.101. The van der Waals surface area contributed by atoms with Crippen LogP contribution in [0.1, 0.15) is 41.7 Å². The van der Waals surface area contributed by atoms with Gasteiger partial charge in [-0.25, -0.2) is 9.18 Å². The van der Waals surface area contributed by atoms with E-state index in [9.17, 15) is 14.0 Å². The summed E-state index contributed by atoms with van der Waals surface area (Å²) in [4.78, 5) is 24.0. The molecule has 29 heavy (non-hydrogen) atoms. The molecule has 1 aliphatic rings. The summed E-state index contributed by atoms with van der Waals surface area (Å²) in [5.74, 6) is -0.741. The zero-order valence-corrected chi connectivity index (χ0v) is 15.7. The summed E-state index contributed by atoms with van der Waals surface area (Å²) < 4.78 is 25.6. The van der Waals surface area contributed by atoms with Gasteiger partial charge in [0.05, 0.1) is 5.69 Å². The van der Waals surface area contributed by atoms with Crippen molar-refractivity contribution in [2.75, 3.05) is 18.1 Å². The molecule has 1 aliphatic heterocycles. The molecule has 0 bridgehead atoms. The van der Waals surface area contributed by atoms with Crippen LogP contribution in [-0.2, 0) is 0 Å². The lowest BCUT2D eigenvalue weighted by Crippen LogP contribution is -2.45. The smallest absolute Gasteiger partial charge is 0.406 e. The number of carbonyl (C=O) groups excluding carboxylic acids is 1. The highest BCUT2D eigenvalue weighted by atomic mass is 19.1. The fourth-order valence-corrected chi connectivity index (χ4v) is 4.06. The minimum Gasteiger partial charge on any atom is -0.406 e. The molecule has 0 spiro atoms. The number of carbonyl (C=O) groups is 1. The molecular formula is C21H18FN3O4. The number of hydrogen-bond donors (Lipinski definition) is 0. The van der Waals surface area contributed by atoms with Crippen molar-refractivity contribution in [2.24, 2.45) is 0 Å². The van der Waals surface area contributed by atoms with Crippen LogP contribution in [0, 0.1) is 5.82 Å². The van der Waals surface area contributed by atoms with Crippen molar-refractivity contribution in [1.82, 2.24) is 9.83 Å². The van der Waals surface area contributed by atoms with Crippen LogP contribution in [0.2, 0.25) is 0 Å². The Morgan fingerprint density at radius 3 is 2.69 bits per heavy atom. The Balaban J connectivity index is 1.41. The van der Waals surface area contributed by atoms with Crippen molar-refractivity contribution in [3.05, 3.63) is 64.0 Å². The number of fused-ring (bicyclic) bond motifs is 2. The van der Waals surface area contributed by atoms with E-state index in [0.717, 1.165) is 23.9 Å². The summed E-state index contributed by atoms with van der Waals surface area (Å²) in [7, 11) is 0. The molecule has 1 saturated heterocycles. The highest BCUT2D eigenvalue weighted by molar-refractivity contribution is 5.96. The van der Waals surface area contributed by atoms with Gasteiger partial charge in [-0.1, -0.05) is 5.16 Å². The number of nitrogens with zero attached hydrogens (tertiary/aromatic N) is 3. The van der Waals surface area contributed by atoms with Gasteiger partial charge in [-0.3, -0.25) is 4.79 Å². The van der Waals surface area contributed by atoms with E-state index in [-0.39, 0.29) is 17.5 Å². The number of Topliss-reactive ketones (excluding diaryl/α,β-unsaturated/α-hetero) is 1. The van der Waals surface area contributed by atoms with Crippen LogP contribution in [-0.4, -0.2) is 28.7 Å². The molecule has 148 valence electrons. The molecule has 0 saturated carbocycles. The van der Waals surface area contributed by atoms with Gasteiger partial charge in [0, 0.05) is 36.0 Å². The third kappa shape index (κ3) is 2.91. The van der Waals surface area contributed by atoms with Crippen molar-refractivity contribution in [3.63, 3.8) is 0 Å². The largest absolute Gasteiger partial charge is 0.438 e. The average Bonchev–Trinajstić information content (AvgIpc) is 3.27. The fourth-order valence-electron chi connectivity index (χ4n) is 4.06. The monoisotopic (exact) mass is 395 g/mol. The maximum Gasteiger partial charge on any atom is 0.438 e. The second-order valence-corrected chi connectivity index (χ2v) is 7.35. The molecule has 2 aromatic carbocycles. The number of aromatic nitrogens is 2. The van der Waals surface area contributed by atoms with Gasteiger partial charge in [-0.05, 0) is 50.1 Å². The first-order valence-corrected chi connectivity index (χ1v) is 9.48. The first kappa shape index (κ1) is 17.7. The summed E-state index contributed by atoms with van der Waals surface area (Å²) >= 11 is 0. The SMILES string of the molecule is CC(=O)c1ccc2c(c1)oc(=O)n2N1CCC(c2noc3cc(F)ccc23)CC1. The van der Waals surface area contributed by atoms with Crippen molar-refractivity contribution in [2.45, 2.75) is 25.7 Å². The van der Waals surface area contributed by atoms with Crippen LogP contribution >= 0.6 is 0 Å². The Bertz CT molecular complexity index is 1290. The first-order valence-electron chi connectivity index (χ1n) is 9.48. The summed E-state index contributed by atoms with van der Waals surface area (Å²) in [6.45, 7) is 2.73. The van der Waals surface area contributed by atoms with Gasteiger partial charge in [-0.15, -0.1) is 0 Å². The molecule has 3 heterocycles. The predicted molar refractivity (Wildman–Crippen MR) is 104 cm³/mol. The van der Waals surface area contributed by atoms with Crippen molar-refractivity contribution < 1.29 is 18.1 Å². The van der Waals surface area contributed by atoms with Gasteiger partial charge in [-0.2, -0.15) is 4.68 Å². The summed E-state index contributed by atoms with van der Waals surface area (Å²) in [6.07, 6.45) is 1.54. The van der Waals surface area contributed by atoms with E-state index < -0.39 is 5.76 Å². The molecule has 5 rings (SSSR count). The highest BCUT2D eigenvalue weighted by Gasteiger charge is 2.27. The van der Waals surface area contributed by atoms with Gasteiger partial charge in [0.25, 0.3) is 0 Å². The van der Waals surface area contributed by atoms with Crippen LogP contribution in [0.5, 0.6) is 0 Å². The third-order valence-corrected chi connectivity index (χ3v) is 5.57. The van der Waals surface area contributed by atoms with Gasteiger partial charge in [0.2, 0.25) is 0 Å². The Hall–Kier alpha value is -3.42. The van der Waals surface area contributed by atoms with E-state index in [4.69, 9.17) is 8.94 Å². The molecule has 0 unspecified atom stereocenters. The van der Waals surface area contributed by atoms with E-state index in [1.54, 1.807) is 24.3 Å². The zero-order valence-electron chi connectivity index (χ0n) is 15.7. The summed E-state index contributed by atoms with van der Waals surface area (Å²) in [6, 6.07) is 9.48. The molecular weight excluding hydrogens is 377 g/mol. The molecule has 8 heteroatoms. The predicted octanol–water partition coefficient (Wildman–Crippen LogP) is 3.59. The second-order valence-electron chi connectivity index (χ2n) is 7.35. The molecule has 2 aromatic heterocycles. The molecule has 4 aromatic rings. The number of piperidine rings is 1. The van der Waals surface area contributed by atoms with Crippen LogP contribution in [0.4, 0.5) is 4.39 Å². The number of halogens is 1. The number of benzene rings is 2. The van der Waals surface area contributed by atoms with Gasteiger partial charge >= 0.3 is 5.76 Å². The van der Waals surface area contributed by atoms with Gasteiger partial charge in [0.15, 0.2) is 16.9 Å². The normalized spacial score (nSPS) is 15.4. The number of oxazole rings is 1. The minimum absolute atomic E-state index is 0.0807. The lowest BCUT2D eigenvalue weighted by atomic mass is 9.92. The number of ketones is 1. The van der Waals surface area contributed by atoms with Crippen molar-refractivity contribution in [3.8, 4) is 0 Å². The molecule has 1 fully saturated rings. The average molecular weight is 395 g/mol.